The molecule has 0 saturated heterocycles. The molecule has 0 atom stereocenters. The molecular weight excluding hydrogens is 288 g/mol. The molecule has 2 aromatic rings. The molecule has 6 nitrogen and oxygen atoms in total. The zero-order valence-electron chi connectivity index (χ0n) is 11.0. The lowest BCUT2D eigenvalue weighted by Gasteiger charge is -2.10. The van der Waals surface area contributed by atoms with Crippen LogP contribution in [-0.4, -0.2) is 13.4 Å². The molecule has 0 fully saturated rings. The lowest BCUT2D eigenvalue weighted by atomic mass is 10.2. The zero-order valence-corrected chi connectivity index (χ0v) is 11.8. The molecule has 0 aliphatic carbocycles. The van der Waals surface area contributed by atoms with Crippen LogP contribution in [0, 0.1) is 29.6 Å². The predicted octanol–water partition coefficient (Wildman–Crippen LogP) is 1.93. The topological polar surface area (TPSA) is 107 Å². The SMILES string of the molecule is Cc1ccc(C#N)cc1S(=O)(=O)Nc1ccc(C#N)cn1. The highest BCUT2D eigenvalue weighted by Gasteiger charge is 2.18. The predicted molar refractivity (Wildman–Crippen MR) is 75.7 cm³/mol. The number of hydrogen-bond donors (Lipinski definition) is 1. The molecule has 1 N–H and O–H groups in total. The fraction of sp³-hybridized carbons (Fsp3) is 0.0714. The summed E-state index contributed by atoms with van der Waals surface area (Å²) in [5.41, 5.74) is 1.12. The van der Waals surface area contributed by atoms with Crippen LogP contribution in [0.25, 0.3) is 0 Å². The molecule has 2 rings (SSSR count). The van der Waals surface area contributed by atoms with Gasteiger partial charge < -0.3 is 0 Å². The molecule has 0 radical (unpaired) electrons. The van der Waals surface area contributed by atoms with E-state index in [0.717, 1.165) is 0 Å². The van der Waals surface area contributed by atoms with Crippen LogP contribution >= 0.6 is 0 Å². The van der Waals surface area contributed by atoms with Crippen LogP contribution in [0.3, 0.4) is 0 Å². The number of nitrogens with zero attached hydrogens (tertiary/aromatic N) is 3. The maximum absolute atomic E-state index is 12.3. The van der Waals surface area contributed by atoms with Crippen molar-refractivity contribution < 1.29 is 8.42 Å². The van der Waals surface area contributed by atoms with Gasteiger partial charge in [0, 0.05) is 6.20 Å². The third-order valence-corrected chi connectivity index (χ3v) is 4.23. The molecule has 104 valence electrons. The molecule has 21 heavy (non-hydrogen) atoms. The lowest BCUT2D eigenvalue weighted by molar-refractivity contribution is 0.600. The van der Waals surface area contributed by atoms with Gasteiger partial charge in [0.15, 0.2) is 0 Å². The van der Waals surface area contributed by atoms with Crippen LogP contribution in [0.4, 0.5) is 5.82 Å². The number of aryl methyl sites for hydroxylation is 1. The molecule has 1 aromatic carbocycles. The second-order valence-corrected chi connectivity index (χ2v) is 5.89. The first kappa shape index (κ1) is 14.5. The highest BCUT2D eigenvalue weighted by Crippen LogP contribution is 2.19. The van der Waals surface area contributed by atoms with Crippen molar-refractivity contribution in [2.24, 2.45) is 0 Å². The van der Waals surface area contributed by atoms with Crippen LogP contribution in [0.15, 0.2) is 41.4 Å². The van der Waals surface area contributed by atoms with Gasteiger partial charge in [-0.15, -0.1) is 0 Å². The van der Waals surface area contributed by atoms with Crippen molar-refractivity contribution >= 4 is 15.8 Å². The smallest absolute Gasteiger partial charge is 0.263 e. The minimum atomic E-state index is -3.84. The molecule has 0 bridgehead atoms. The van der Waals surface area contributed by atoms with Crippen molar-refractivity contribution in [3.05, 3.63) is 53.2 Å². The average molecular weight is 298 g/mol. The Hall–Kier alpha value is -2.90. The van der Waals surface area contributed by atoms with Crippen molar-refractivity contribution in [3.63, 3.8) is 0 Å². The Morgan fingerprint density at radius 2 is 1.76 bits per heavy atom. The Labute approximate surface area is 122 Å². The van der Waals surface area contributed by atoms with Crippen molar-refractivity contribution in [2.75, 3.05) is 4.72 Å². The fourth-order valence-corrected chi connectivity index (χ4v) is 2.95. The van der Waals surface area contributed by atoms with E-state index in [1.807, 2.05) is 12.1 Å². The summed E-state index contributed by atoms with van der Waals surface area (Å²) >= 11 is 0. The van der Waals surface area contributed by atoms with Gasteiger partial charge in [0.05, 0.1) is 22.1 Å². The van der Waals surface area contributed by atoms with E-state index in [0.29, 0.717) is 11.1 Å². The lowest BCUT2D eigenvalue weighted by Crippen LogP contribution is -2.15. The van der Waals surface area contributed by atoms with Crippen molar-refractivity contribution in [3.8, 4) is 12.1 Å². The van der Waals surface area contributed by atoms with Crippen molar-refractivity contribution in [1.82, 2.24) is 4.98 Å². The van der Waals surface area contributed by atoms with Gasteiger partial charge in [-0.1, -0.05) is 6.07 Å². The minimum absolute atomic E-state index is 0.0210. The number of aromatic nitrogens is 1. The third kappa shape index (κ3) is 3.16. The van der Waals surface area contributed by atoms with Gasteiger partial charge in [0.25, 0.3) is 10.0 Å². The Bertz CT molecular complexity index is 859. The van der Waals surface area contributed by atoms with Crippen molar-refractivity contribution in [2.45, 2.75) is 11.8 Å². The summed E-state index contributed by atoms with van der Waals surface area (Å²) in [4.78, 5) is 3.88. The average Bonchev–Trinajstić information content (AvgIpc) is 2.48. The van der Waals surface area contributed by atoms with Crippen LogP contribution in [0.5, 0.6) is 0 Å². The van der Waals surface area contributed by atoms with Gasteiger partial charge in [-0.25, -0.2) is 13.4 Å². The molecule has 0 spiro atoms. The number of sulfonamides is 1. The second-order valence-electron chi connectivity index (χ2n) is 4.24. The summed E-state index contributed by atoms with van der Waals surface area (Å²) in [6.07, 6.45) is 1.27. The number of nitriles is 2. The van der Waals surface area contributed by atoms with E-state index >= 15 is 0 Å². The van der Waals surface area contributed by atoms with Crippen LogP contribution in [-0.2, 0) is 10.0 Å². The monoisotopic (exact) mass is 298 g/mol. The van der Waals surface area contributed by atoms with E-state index in [9.17, 15) is 8.42 Å². The summed E-state index contributed by atoms with van der Waals surface area (Å²) < 4.78 is 27.0. The number of hydrogen-bond acceptors (Lipinski definition) is 5. The summed E-state index contributed by atoms with van der Waals surface area (Å²) in [7, 11) is -3.84. The maximum atomic E-state index is 12.3. The quantitative estimate of drug-likeness (QED) is 0.931. The molecule has 0 amide bonds. The summed E-state index contributed by atoms with van der Waals surface area (Å²) in [5.74, 6) is 0.107. The largest absolute Gasteiger partial charge is 0.263 e. The number of benzene rings is 1. The van der Waals surface area contributed by atoms with E-state index < -0.39 is 10.0 Å². The van der Waals surface area contributed by atoms with E-state index in [-0.39, 0.29) is 16.3 Å². The highest BCUT2D eigenvalue weighted by atomic mass is 32.2. The molecule has 1 aromatic heterocycles. The second kappa shape index (κ2) is 5.61. The maximum Gasteiger partial charge on any atom is 0.263 e. The molecule has 0 saturated carbocycles. The van der Waals surface area contributed by atoms with Crippen LogP contribution < -0.4 is 4.72 Å². The number of pyridine rings is 1. The number of rotatable bonds is 3. The Morgan fingerprint density at radius 3 is 2.33 bits per heavy atom. The molecule has 1 heterocycles. The van der Waals surface area contributed by atoms with Crippen LogP contribution in [0.2, 0.25) is 0 Å². The molecular formula is C14H10N4O2S. The Kier molecular flexibility index (Phi) is 3.88. The first-order valence-corrected chi connectivity index (χ1v) is 7.34. The van der Waals surface area contributed by atoms with Gasteiger partial charge in [0.2, 0.25) is 0 Å². The highest BCUT2D eigenvalue weighted by molar-refractivity contribution is 7.92. The van der Waals surface area contributed by atoms with Gasteiger partial charge in [-0.05, 0) is 36.8 Å². The normalized spacial score (nSPS) is 10.4. The summed E-state index contributed by atoms with van der Waals surface area (Å²) in [5, 5.41) is 17.5. The summed E-state index contributed by atoms with van der Waals surface area (Å²) in [6, 6.07) is 11.1. The Balaban J connectivity index is 2.38. The van der Waals surface area contributed by atoms with E-state index in [4.69, 9.17) is 10.5 Å². The molecule has 0 unspecified atom stereocenters. The minimum Gasteiger partial charge on any atom is -0.263 e. The van der Waals surface area contributed by atoms with Gasteiger partial charge in [-0.3, -0.25) is 4.72 Å². The number of nitrogens with one attached hydrogen (secondary N) is 1. The standard InChI is InChI=1S/C14H10N4O2S/c1-10-2-3-11(7-15)6-13(10)21(19,20)18-14-5-4-12(8-16)9-17-14/h2-6,9H,1H3,(H,17,18). The van der Waals surface area contributed by atoms with Gasteiger partial charge in [-0.2, -0.15) is 10.5 Å². The number of anilines is 1. The zero-order chi connectivity index (χ0) is 15.5. The molecule has 0 aliphatic rings. The summed E-state index contributed by atoms with van der Waals surface area (Å²) in [6.45, 7) is 1.64. The third-order valence-electron chi connectivity index (χ3n) is 2.74. The van der Waals surface area contributed by atoms with Crippen molar-refractivity contribution in [1.29, 1.82) is 10.5 Å². The first-order chi connectivity index (χ1) is 9.96. The molecule has 0 aliphatic heterocycles. The first-order valence-electron chi connectivity index (χ1n) is 5.86. The van der Waals surface area contributed by atoms with Gasteiger partial charge in [0.1, 0.15) is 11.9 Å². The van der Waals surface area contributed by atoms with Gasteiger partial charge >= 0.3 is 0 Å². The van der Waals surface area contributed by atoms with Crippen LogP contribution in [0.1, 0.15) is 16.7 Å². The fourth-order valence-electron chi connectivity index (χ4n) is 1.67. The molecule has 7 heteroatoms. The van der Waals surface area contributed by atoms with E-state index in [1.165, 1.54) is 24.4 Å². The van der Waals surface area contributed by atoms with E-state index in [2.05, 4.69) is 9.71 Å². The Morgan fingerprint density at radius 1 is 1.10 bits per heavy atom. The van der Waals surface area contributed by atoms with E-state index in [1.54, 1.807) is 19.1 Å².